The molecule has 1 aliphatic heterocycles. The standard InChI is InChI=1S/C29H39N5O3S/c1-6-36-28(35)25-20-38-29(31-25)34(19-21(2)3)26-17-23(8-7-22(26)4)24-9-10-27(30-18-24)37-16-15-33-13-11-32(5)12-14-33/h7-10,17-18,20-21H,6,11-16,19H2,1-5H3. The van der Waals surface area contributed by atoms with Crippen LogP contribution < -0.4 is 9.64 Å². The Kier molecular flexibility index (Phi) is 9.71. The highest BCUT2D eigenvalue weighted by atomic mass is 32.1. The van der Waals surface area contributed by atoms with Gasteiger partial charge in [0, 0.05) is 68.2 Å². The lowest BCUT2D eigenvalue weighted by atomic mass is 10.0. The largest absolute Gasteiger partial charge is 0.476 e. The third kappa shape index (κ3) is 7.30. The average Bonchev–Trinajstić information content (AvgIpc) is 3.40. The summed E-state index contributed by atoms with van der Waals surface area (Å²) in [4.78, 5) is 28.4. The van der Waals surface area contributed by atoms with Gasteiger partial charge < -0.3 is 19.3 Å². The highest BCUT2D eigenvalue weighted by Gasteiger charge is 2.20. The Balaban J connectivity index is 1.48. The number of ether oxygens (including phenoxy) is 2. The maximum Gasteiger partial charge on any atom is 0.357 e. The first-order valence-corrected chi connectivity index (χ1v) is 14.2. The molecule has 0 radical (unpaired) electrons. The third-order valence-corrected chi connectivity index (χ3v) is 7.44. The van der Waals surface area contributed by atoms with E-state index in [1.807, 2.05) is 12.3 Å². The van der Waals surface area contributed by atoms with E-state index in [4.69, 9.17) is 9.47 Å². The van der Waals surface area contributed by atoms with Gasteiger partial charge in [-0.2, -0.15) is 0 Å². The lowest BCUT2D eigenvalue weighted by Gasteiger charge is -2.32. The summed E-state index contributed by atoms with van der Waals surface area (Å²) in [6.07, 6.45) is 1.87. The number of aromatic nitrogens is 2. The van der Waals surface area contributed by atoms with E-state index in [0.717, 1.165) is 66.8 Å². The lowest BCUT2D eigenvalue weighted by molar-refractivity contribution is 0.0520. The summed E-state index contributed by atoms with van der Waals surface area (Å²) in [6.45, 7) is 15.3. The number of hydrogen-bond acceptors (Lipinski definition) is 9. The zero-order chi connectivity index (χ0) is 27.1. The van der Waals surface area contributed by atoms with Crippen LogP contribution in [0.25, 0.3) is 11.1 Å². The molecule has 0 N–H and O–H groups in total. The predicted molar refractivity (Wildman–Crippen MR) is 154 cm³/mol. The molecule has 3 aromatic rings. The highest BCUT2D eigenvalue weighted by molar-refractivity contribution is 7.14. The van der Waals surface area contributed by atoms with Crippen molar-refractivity contribution < 1.29 is 14.3 Å². The second-order valence-corrected chi connectivity index (χ2v) is 11.0. The SMILES string of the molecule is CCOC(=O)c1csc(N(CC(C)C)c2cc(-c3ccc(OCCN4CCN(C)CC4)nc3)ccc2C)n1. The van der Waals surface area contributed by atoms with E-state index in [9.17, 15) is 4.79 Å². The molecule has 2 aromatic heterocycles. The van der Waals surface area contributed by atoms with Gasteiger partial charge in [-0.05, 0) is 50.1 Å². The number of carbonyl (C=O) groups is 1. The first kappa shape index (κ1) is 28.0. The molecule has 3 heterocycles. The molecule has 1 aromatic carbocycles. The molecular weight excluding hydrogens is 498 g/mol. The number of nitrogens with zero attached hydrogens (tertiary/aromatic N) is 5. The van der Waals surface area contributed by atoms with Crippen molar-refractivity contribution in [3.63, 3.8) is 0 Å². The van der Waals surface area contributed by atoms with Gasteiger partial charge in [0.25, 0.3) is 0 Å². The summed E-state index contributed by atoms with van der Waals surface area (Å²) < 4.78 is 11.1. The fraction of sp³-hybridized carbons (Fsp3) is 0.483. The Hall–Kier alpha value is -3.01. The molecule has 0 unspecified atom stereocenters. The molecule has 0 aliphatic carbocycles. The number of likely N-dealkylation sites (N-methyl/N-ethyl adjacent to an activating group) is 1. The van der Waals surface area contributed by atoms with Gasteiger partial charge in [-0.3, -0.25) is 4.90 Å². The Labute approximate surface area is 230 Å². The minimum Gasteiger partial charge on any atom is -0.476 e. The minimum absolute atomic E-state index is 0.330. The lowest BCUT2D eigenvalue weighted by Crippen LogP contribution is -2.45. The number of piperazine rings is 1. The Morgan fingerprint density at radius 3 is 2.58 bits per heavy atom. The zero-order valence-corrected chi connectivity index (χ0v) is 24.0. The van der Waals surface area contributed by atoms with E-state index in [1.165, 1.54) is 11.3 Å². The number of benzene rings is 1. The normalized spacial score (nSPS) is 14.6. The van der Waals surface area contributed by atoms with Crippen molar-refractivity contribution in [2.24, 2.45) is 5.92 Å². The van der Waals surface area contributed by atoms with Gasteiger partial charge in [0.1, 0.15) is 6.61 Å². The fourth-order valence-corrected chi connectivity index (χ4v) is 5.22. The summed E-state index contributed by atoms with van der Waals surface area (Å²) in [5.41, 5.74) is 4.64. The molecule has 204 valence electrons. The Bertz CT molecular complexity index is 1190. The van der Waals surface area contributed by atoms with Crippen LogP contribution in [-0.4, -0.2) is 85.3 Å². The number of hydrogen-bond donors (Lipinski definition) is 0. The summed E-state index contributed by atoms with van der Waals surface area (Å²) >= 11 is 1.46. The molecule has 38 heavy (non-hydrogen) atoms. The van der Waals surface area contributed by atoms with Crippen LogP contribution >= 0.6 is 11.3 Å². The van der Waals surface area contributed by atoms with Crippen molar-refractivity contribution in [3.8, 4) is 17.0 Å². The van der Waals surface area contributed by atoms with E-state index in [-0.39, 0.29) is 5.97 Å². The first-order chi connectivity index (χ1) is 18.3. The van der Waals surface area contributed by atoms with Crippen LogP contribution in [0, 0.1) is 12.8 Å². The van der Waals surface area contributed by atoms with Crippen LogP contribution in [0.2, 0.25) is 0 Å². The van der Waals surface area contributed by atoms with Gasteiger partial charge in [-0.25, -0.2) is 14.8 Å². The number of aryl methyl sites for hydroxylation is 1. The molecule has 1 fully saturated rings. The number of esters is 1. The van der Waals surface area contributed by atoms with Crippen LogP contribution in [0.5, 0.6) is 5.88 Å². The summed E-state index contributed by atoms with van der Waals surface area (Å²) in [5.74, 6) is 0.657. The molecule has 0 saturated carbocycles. The maximum absolute atomic E-state index is 12.2. The van der Waals surface area contributed by atoms with Crippen LogP contribution in [0.3, 0.4) is 0 Å². The zero-order valence-electron chi connectivity index (χ0n) is 23.1. The van der Waals surface area contributed by atoms with E-state index >= 15 is 0 Å². The second kappa shape index (κ2) is 13.2. The van der Waals surface area contributed by atoms with Gasteiger partial charge in [-0.15, -0.1) is 11.3 Å². The summed E-state index contributed by atoms with van der Waals surface area (Å²) in [7, 11) is 2.17. The molecule has 4 rings (SSSR count). The fourth-order valence-electron chi connectivity index (χ4n) is 4.40. The van der Waals surface area contributed by atoms with Crippen LogP contribution in [-0.2, 0) is 4.74 Å². The van der Waals surface area contributed by atoms with Crippen molar-refractivity contribution in [3.05, 3.63) is 53.2 Å². The monoisotopic (exact) mass is 537 g/mol. The number of rotatable bonds is 11. The van der Waals surface area contributed by atoms with Crippen molar-refractivity contribution in [2.75, 3.05) is 64.4 Å². The number of thiazole rings is 1. The van der Waals surface area contributed by atoms with Crippen molar-refractivity contribution in [1.29, 1.82) is 0 Å². The highest BCUT2D eigenvalue weighted by Crippen LogP contribution is 2.35. The molecule has 0 bridgehead atoms. The number of pyridine rings is 1. The summed E-state index contributed by atoms with van der Waals surface area (Å²) in [6, 6.07) is 10.4. The van der Waals surface area contributed by atoms with Crippen LogP contribution in [0.4, 0.5) is 10.8 Å². The minimum atomic E-state index is -0.387. The predicted octanol–water partition coefficient (Wildman–Crippen LogP) is 5.11. The maximum atomic E-state index is 12.2. The van der Waals surface area contributed by atoms with Gasteiger partial charge >= 0.3 is 5.97 Å². The smallest absolute Gasteiger partial charge is 0.357 e. The van der Waals surface area contributed by atoms with Gasteiger partial charge in [0.05, 0.1) is 6.61 Å². The average molecular weight is 538 g/mol. The van der Waals surface area contributed by atoms with E-state index in [2.05, 4.69) is 76.8 Å². The van der Waals surface area contributed by atoms with Crippen LogP contribution in [0.15, 0.2) is 41.9 Å². The van der Waals surface area contributed by atoms with Crippen molar-refractivity contribution in [1.82, 2.24) is 19.8 Å². The second-order valence-electron chi connectivity index (χ2n) is 10.1. The molecule has 1 saturated heterocycles. The van der Waals surface area contributed by atoms with Gasteiger partial charge in [0.2, 0.25) is 5.88 Å². The molecule has 0 spiro atoms. The molecular formula is C29H39N5O3S. The Morgan fingerprint density at radius 2 is 1.89 bits per heavy atom. The van der Waals surface area contributed by atoms with Crippen molar-refractivity contribution >= 4 is 28.1 Å². The molecule has 0 atom stereocenters. The molecule has 8 nitrogen and oxygen atoms in total. The van der Waals surface area contributed by atoms with E-state index in [0.29, 0.717) is 30.7 Å². The quantitative estimate of drug-likeness (QED) is 0.313. The number of anilines is 2. The summed E-state index contributed by atoms with van der Waals surface area (Å²) in [5, 5.41) is 2.55. The molecule has 1 aliphatic rings. The number of carbonyl (C=O) groups excluding carboxylic acids is 1. The third-order valence-electron chi connectivity index (χ3n) is 6.58. The van der Waals surface area contributed by atoms with E-state index < -0.39 is 0 Å². The van der Waals surface area contributed by atoms with E-state index in [1.54, 1.807) is 12.3 Å². The van der Waals surface area contributed by atoms with Gasteiger partial charge in [-0.1, -0.05) is 26.0 Å². The molecule has 0 amide bonds. The van der Waals surface area contributed by atoms with Crippen LogP contribution in [0.1, 0.15) is 36.8 Å². The molecule has 9 heteroatoms. The van der Waals surface area contributed by atoms with Gasteiger partial charge in [0.15, 0.2) is 10.8 Å². The first-order valence-electron chi connectivity index (χ1n) is 13.3. The van der Waals surface area contributed by atoms with Crippen molar-refractivity contribution in [2.45, 2.75) is 27.7 Å². The Morgan fingerprint density at radius 1 is 1.13 bits per heavy atom. The topological polar surface area (TPSA) is 71.0 Å².